The van der Waals surface area contributed by atoms with Crippen LogP contribution >= 0.6 is 0 Å². The quantitative estimate of drug-likeness (QED) is 0.607. The molecule has 0 aromatic heterocycles. The van der Waals surface area contributed by atoms with Gasteiger partial charge in [-0.05, 0) is 41.5 Å². The van der Waals surface area contributed by atoms with E-state index >= 15 is 0 Å². The highest BCUT2D eigenvalue weighted by molar-refractivity contribution is 5.91. The van der Waals surface area contributed by atoms with Crippen LogP contribution in [0.2, 0.25) is 0 Å². The number of amides is 1. The lowest BCUT2D eigenvalue weighted by Gasteiger charge is -2.11. The van der Waals surface area contributed by atoms with Crippen LogP contribution in [0, 0.1) is 0 Å². The number of aliphatic hydroxyl groups is 1. The Bertz CT molecular complexity index is 725. The second kappa shape index (κ2) is 8.03. The van der Waals surface area contributed by atoms with E-state index in [9.17, 15) is 20.1 Å². The third-order valence-corrected chi connectivity index (χ3v) is 3.38. The highest BCUT2D eigenvalue weighted by Gasteiger charge is 2.08. The van der Waals surface area contributed by atoms with Crippen molar-refractivity contribution in [2.45, 2.75) is 6.10 Å². The molecule has 0 aliphatic rings. The summed E-state index contributed by atoms with van der Waals surface area (Å²) < 4.78 is 4.99. The lowest BCUT2D eigenvalue weighted by atomic mass is 10.1. The van der Waals surface area contributed by atoms with Gasteiger partial charge in [-0.2, -0.15) is 0 Å². The van der Waals surface area contributed by atoms with Gasteiger partial charge in [-0.3, -0.25) is 4.79 Å². The maximum atomic E-state index is 11.8. The van der Waals surface area contributed by atoms with E-state index in [2.05, 4.69) is 5.32 Å². The summed E-state index contributed by atoms with van der Waals surface area (Å²) in [5, 5.41) is 31.3. The molecule has 126 valence electrons. The lowest BCUT2D eigenvalue weighted by molar-refractivity contribution is -0.116. The Morgan fingerprint density at radius 2 is 1.92 bits per heavy atom. The molecule has 0 aliphatic carbocycles. The minimum absolute atomic E-state index is 0.0242. The topological polar surface area (TPSA) is 99.0 Å². The van der Waals surface area contributed by atoms with Crippen molar-refractivity contribution in [3.63, 3.8) is 0 Å². The van der Waals surface area contributed by atoms with Gasteiger partial charge in [-0.15, -0.1) is 0 Å². The summed E-state index contributed by atoms with van der Waals surface area (Å²) in [5.41, 5.74) is 1.29. The summed E-state index contributed by atoms with van der Waals surface area (Å²) in [4.78, 5) is 11.8. The maximum absolute atomic E-state index is 11.8. The average Bonchev–Trinajstić information content (AvgIpc) is 2.59. The van der Waals surface area contributed by atoms with E-state index in [0.29, 0.717) is 16.9 Å². The Balaban J connectivity index is 1.89. The molecule has 4 N–H and O–H groups in total. The highest BCUT2D eigenvalue weighted by atomic mass is 16.5. The third kappa shape index (κ3) is 4.76. The van der Waals surface area contributed by atoms with Crippen LogP contribution in [0.4, 0.5) is 0 Å². The Morgan fingerprint density at radius 1 is 1.21 bits per heavy atom. The second-order valence-electron chi connectivity index (χ2n) is 5.12. The zero-order chi connectivity index (χ0) is 17.5. The first-order chi connectivity index (χ1) is 11.5. The van der Waals surface area contributed by atoms with Gasteiger partial charge >= 0.3 is 0 Å². The molecule has 0 radical (unpaired) electrons. The van der Waals surface area contributed by atoms with E-state index in [1.54, 1.807) is 30.3 Å². The molecule has 0 saturated heterocycles. The van der Waals surface area contributed by atoms with Crippen LogP contribution in [-0.4, -0.2) is 34.9 Å². The summed E-state index contributed by atoms with van der Waals surface area (Å²) in [5.74, 6) is 0.0959. The zero-order valence-electron chi connectivity index (χ0n) is 13.1. The number of phenols is 2. The molecule has 2 aromatic rings. The summed E-state index contributed by atoms with van der Waals surface area (Å²) in [7, 11) is 1.44. The number of aromatic hydroxyl groups is 2. The largest absolute Gasteiger partial charge is 0.508 e. The molecule has 6 heteroatoms. The lowest BCUT2D eigenvalue weighted by Crippen LogP contribution is -2.26. The minimum Gasteiger partial charge on any atom is -0.508 e. The molecule has 0 fully saturated rings. The third-order valence-electron chi connectivity index (χ3n) is 3.38. The molecular formula is C18H19NO5. The van der Waals surface area contributed by atoms with Crippen molar-refractivity contribution >= 4 is 12.0 Å². The molecule has 0 aliphatic heterocycles. The summed E-state index contributed by atoms with van der Waals surface area (Å²) in [6.07, 6.45) is 2.04. The number of aliphatic hydroxyl groups excluding tert-OH is 1. The SMILES string of the molecule is COc1cc(/C=C\C(=O)NC[C@@H](O)c2ccc(O)cc2)ccc1O. The fourth-order valence-corrected chi connectivity index (χ4v) is 2.04. The molecule has 2 rings (SSSR count). The van der Waals surface area contributed by atoms with Crippen molar-refractivity contribution in [2.75, 3.05) is 13.7 Å². The van der Waals surface area contributed by atoms with Crippen molar-refractivity contribution < 1.29 is 24.9 Å². The molecule has 24 heavy (non-hydrogen) atoms. The van der Waals surface area contributed by atoms with Gasteiger partial charge in [0.1, 0.15) is 5.75 Å². The van der Waals surface area contributed by atoms with Crippen molar-refractivity contribution in [1.82, 2.24) is 5.32 Å². The molecule has 2 aromatic carbocycles. The van der Waals surface area contributed by atoms with Gasteiger partial charge in [0, 0.05) is 12.6 Å². The predicted molar refractivity (Wildman–Crippen MR) is 89.8 cm³/mol. The molecule has 0 saturated carbocycles. The number of carbonyl (C=O) groups excluding carboxylic acids is 1. The van der Waals surface area contributed by atoms with Crippen LogP contribution in [0.1, 0.15) is 17.2 Å². The number of methoxy groups -OCH3 is 1. The van der Waals surface area contributed by atoms with E-state index < -0.39 is 6.10 Å². The number of carbonyl (C=O) groups is 1. The van der Waals surface area contributed by atoms with Crippen molar-refractivity contribution in [3.8, 4) is 17.2 Å². The average molecular weight is 329 g/mol. The Kier molecular flexibility index (Phi) is 5.81. The summed E-state index contributed by atoms with van der Waals surface area (Å²) in [6.45, 7) is 0.0485. The van der Waals surface area contributed by atoms with E-state index in [1.165, 1.54) is 31.4 Å². The van der Waals surface area contributed by atoms with Crippen LogP contribution in [0.5, 0.6) is 17.2 Å². The fourth-order valence-electron chi connectivity index (χ4n) is 2.04. The van der Waals surface area contributed by atoms with Crippen LogP contribution in [0.3, 0.4) is 0 Å². The number of benzene rings is 2. The number of ether oxygens (including phenoxy) is 1. The van der Waals surface area contributed by atoms with Gasteiger partial charge in [-0.25, -0.2) is 0 Å². The van der Waals surface area contributed by atoms with E-state index in [-0.39, 0.29) is 24.0 Å². The number of hydrogen-bond acceptors (Lipinski definition) is 5. The molecule has 0 heterocycles. The zero-order valence-corrected chi connectivity index (χ0v) is 13.1. The number of phenolic OH excluding ortho intramolecular Hbond substituents is 2. The van der Waals surface area contributed by atoms with E-state index in [1.807, 2.05) is 0 Å². The molecule has 0 spiro atoms. The number of nitrogens with one attached hydrogen (secondary N) is 1. The van der Waals surface area contributed by atoms with Gasteiger partial charge in [0.25, 0.3) is 0 Å². The van der Waals surface area contributed by atoms with Crippen molar-refractivity contribution in [1.29, 1.82) is 0 Å². The Labute approximate surface area is 139 Å². The monoisotopic (exact) mass is 329 g/mol. The summed E-state index contributed by atoms with van der Waals surface area (Å²) in [6, 6.07) is 10.8. The molecule has 0 bridgehead atoms. The van der Waals surface area contributed by atoms with E-state index in [4.69, 9.17) is 4.74 Å². The fraction of sp³-hybridized carbons (Fsp3) is 0.167. The van der Waals surface area contributed by atoms with Crippen molar-refractivity contribution in [2.24, 2.45) is 0 Å². The first kappa shape index (κ1) is 17.4. The Morgan fingerprint density at radius 3 is 2.58 bits per heavy atom. The molecular weight excluding hydrogens is 310 g/mol. The smallest absolute Gasteiger partial charge is 0.244 e. The number of rotatable bonds is 6. The van der Waals surface area contributed by atoms with Gasteiger partial charge < -0.3 is 25.4 Å². The Hall–Kier alpha value is -2.99. The van der Waals surface area contributed by atoms with Crippen LogP contribution in [0.15, 0.2) is 48.5 Å². The van der Waals surface area contributed by atoms with Crippen LogP contribution in [0.25, 0.3) is 6.08 Å². The molecule has 1 atom stereocenters. The first-order valence-electron chi connectivity index (χ1n) is 7.29. The second-order valence-corrected chi connectivity index (χ2v) is 5.12. The maximum Gasteiger partial charge on any atom is 0.244 e. The molecule has 0 unspecified atom stereocenters. The van der Waals surface area contributed by atoms with E-state index in [0.717, 1.165) is 0 Å². The van der Waals surface area contributed by atoms with Gasteiger partial charge in [0.05, 0.1) is 13.2 Å². The standard InChI is InChI=1S/C18H19NO5/c1-24-17-10-12(2-8-15(17)21)3-9-18(23)19-11-16(22)13-4-6-14(20)7-5-13/h2-10,16,20-22H,11H2,1H3,(H,19,23)/b9-3-/t16-/m1/s1. The highest BCUT2D eigenvalue weighted by Crippen LogP contribution is 2.26. The molecule has 1 amide bonds. The van der Waals surface area contributed by atoms with Gasteiger partial charge in [0.15, 0.2) is 11.5 Å². The minimum atomic E-state index is -0.864. The predicted octanol–water partition coefficient (Wildman–Crippen LogP) is 1.97. The van der Waals surface area contributed by atoms with Gasteiger partial charge in [-0.1, -0.05) is 18.2 Å². The first-order valence-corrected chi connectivity index (χ1v) is 7.29. The normalized spacial score (nSPS) is 12.1. The van der Waals surface area contributed by atoms with Crippen molar-refractivity contribution in [3.05, 3.63) is 59.7 Å². The van der Waals surface area contributed by atoms with Crippen LogP contribution in [-0.2, 0) is 4.79 Å². The van der Waals surface area contributed by atoms with Gasteiger partial charge in [0.2, 0.25) is 5.91 Å². The number of hydrogen-bond donors (Lipinski definition) is 4. The summed E-state index contributed by atoms with van der Waals surface area (Å²) >= 11 is 0. The van der Waals surface area contributed by atoms with Crippen LogP contribution < -0.4 is 10.1 Å². The molecule has 6 nitrogen and oxygen atoms in total.